The first-order chi connectivity index (χ1) is 17.5. The molecule has 3 heterocycles. The minimum Gasteiger partial charge on any atom is -0.492 e. The summed E-state index contributed by atoms with van der Waals surface area (Å²) < 4.78 is 42.7. The van der Waals surface area contributed by atoms with Crippen molar-refractivity contribution in [1.29, 1.82) is 0 Å². The summed E-state index contributed by atoms with van der Waals surface area (Å²) in [5.74, 6) is -1.79. The molecule has 3 aromatic rings. The Bertz CT molecular complexity index is 1530. The molecule has 0 saturated heterocycles. The van der Waals surface area contributed by atoms with Crippen molar-refractivity contribution >= 4 is 17.6 Å². The SMILES string of the molecule is C[C@@]1(C(=O)Nc2cc(C3CC3)nn(-c3ccc(C(=O)O)cc3)c2=O)COc2cc3c(cc21)OC(F)(F)O3. The van der Waals surface area contributed by atoms with E-state index in [4.69, 9.17) is 9.84 Å². The molecule has 3 aliphatic rings. The van der Waals surface area contributed by atoms with Gasteiger partial charge in [-0.1, -0.05) is 0 Å². The second-order valence-corrected chi connectivity index (χ2v) is 9.36. The van der Waals surface area contributed by atoms with Gasteiger partial charge in [-0.15, -0.1) is 8.78 Å². The Hall–Kier alpha value is -4.48. The van der Waals surface area contributed by atoms with E-state index in [-0.39, 0.29) is 41.0 Å². The van der Waals surface area contributed by atoms with Crippen LogP contribution in [0.1, 0.15) is 47.3 Å². The molecule has 2 aromatic carbocycles. The Morgan fingerprint density at radius 2 is 1.76 bits per heavy atom. The number of aromatic nitrogens is 2. The number of nitrogens with one attached hydrogen (secondary N) is 1. The molecule has 1 aromatic heterocycles. The maximum atomic E-state index is 13.5. The minimum absolute atomic E-state index is 0.0221. The third-order valence-electron chi connectivity index (χ3n) is 6.65. The fourth-order valence-corrected chi connectivity index (χ4v) is 4.38. The Labute approximate surface area is 207 Å². The third kappa shape index (κ3) is 3.85. The second kappa shape index (κ2) is 7.76. The van der Waals surface area contributed by atoms with Crippen LogP contribution in [-0.4, -0.2) is 39.7 Å². The summed E-state index contributed by atoms with van der Waals surface area (Å²) in [7, 11) is 0. The molecule has 12 heteroatoms. The number of rotatable bonds is 5. The highest BCUT2D eigenvalue weighted by Crippen LogP contribution is 2.50. The van der Waals surface area contributed by atoms with E-state index in [1.54, 1.807) is 6.92 Å². The van der Waals surface area contributed by atoms with Gasteiger partial charge in [0, 0.05) is 17.5 Å². The zero-order valence-corrected chi connectivity index (χ0v) is 19.3. The van der Waals surface area contributed by atoms with Crippen LogP contribution in [0.15, 0.2) is 47.3 Å². The van der Waals surface area contributed by atoms with Crippen molar-refractivity contribution in [2.75, 3.05) is 11.9 Å². The molecule has 190 valence electrons. The molecule has 0 bridgehead atoms. The number of alkyl halides is 2. The second-order valence-electron chi connectivity index (χ2n) is 9.36. The predicted octanol–water partition coefficient (Wildman–Crippen LogP) is 3.42. The minimum atomic E-state index is -3.82. The molecule has 2 N–H and O–H groups in total. The summed E-state index contributed by atoms with van der Waals surface area (Å²) in [5.41, 5.74) is -0.658. The first-order valence-electron chi connectivity index (χ1n) is 11.4. The summed E-state index contributed by atoms with van der Waals surface area (Å²) in [4.78, 5) is 38.0. The van der Waals surface area contributed by atoms with Gasteiger partial charge in [-0.3, -0.25) is 9.59 Å². The number of halogens is 2. The van der Waals surface area contributed by atoms with Crippen LogP contribution in [0.3, 0.4) is 0 Å². The molecule has 1 amide bonds. The summed E-state index contributed by atoms with van der Waals surface area (Å²) in [5, 5.41) is 16.3. The van der Waals surface area contributed by atoms with Crippen molar-refractivity contribution in [1.82, 2.24) is 9.78 Å². The standard InChI is InChI=1S/C25H19F2N3O7/c1-24(11-35-18-10-20-19(8-15(18)24)36-25(26,27)37-20)23(34)28-17-9-16(12-2-3-12)29-30(21(17)31)14-6-4-13(5-7-14)22(32)33/h4-10,12H,2-3,11H2,1H3,(H,28,34)(H,32,33)/t24-/m1/s1. The molecule has 0 unspecified atom stereocenters. The van der Waals surface area contributed by atoms with E-state index in [2.05, 4.69) is 19.9 Å². The van der Waals surface area contributed by atoms with Gasteiger partial charge in [-0.05, 0) is 56.2 Å². The van der Waals surface area contributed by atoms with E-state index in [1.165, 1.54) is 42.5 Å². The Kier molecular flexibility index (Phi) is 4.81. The molecule has 1 fully saturated rings. The molecule has 1 saturated carbocycles. The molecule has 2 aliphatic heterocycles. The van der Waals surface area contributed by atoms with Gasteiger partial charge in [0.15, 0.2) is 11.5 Å². The number of hydrogen-bond donors (Lipinski definition) is 2. The van der Waals surface area contributed by atoms with Gasteiger partial charge >= 0.3 is 12.3 Å². The van der Waals surface area contributed by atoms with E-state index < -0.39 is 29.1 Å². The van der Waals surface area contributed by atoms with Crippen LogP contribution >= 0.6 is 0 Å². The van der Waals surface area contributed by atoms with Gasteiger partial charge in [0.25, 0.3) is 5.56 Å². The predicted molar refractivity (Wildman–Crippen MR) is 123 cm³/mol. The van der Waals surface area contributed by atoms with Crippen molar-refractivity contribution in [2.45, 2.75) is 37.4 Å². The molecular weight excluding hydrogens is 492 g/mol. The maximum Gasteiger partial charge on any atom is 0.586 e. The van der Waals surface area contributed by atoms with Crippen LogP contribution < -0.4 is 25.1 Å². The average molecular weight is 511 g/mol. The highest BCUT2D eigenvalue weighted by molar-refractivity contribution is 6.00. The van der Waals surface area contributed by atoms with Crippen LogP contribution in [0.4, 0.5) is 14.5 Å². The number of nitrogens with zero attached hydrogens (tertiary/aromatic N) is 2. The Morgan fingerprint density at radius 3 is 2.41 bits per heavy atom. The van der Waals surface area contributed by atoms with Gasteiger partial charge in [0.1, 0.15) is 23.5 Å². The number of carboxylic acids is 1. The number of carbonyl (C=O) groups excluding carboxylic acids is 1. The fraction of sp³-hybridized carbons (Fsp3) is 0.280. The molecular formula is C25H19F2N3O7. The summed E-state index contributed by atoms with van der Waals surface area (Å²) in [6, 6.07) is 9.69. The number of aromatic carboxylic acids is 1. The first-order valence-corrected chi connectivity index (χ1v) is 11.4. The zero-order valence-electron chi connectivity index (χ0n) is 19.3. The monoisotopic (exact) mass is 511 g/mol. The number of benzene rings is 2. The maximum absolute atomic E-state index is 13.5. The number of fused-ring (bicyclic) bond motifs is 2. The molecule has 1 atom stereocenters. The van der Waals surface area contributed by atoms with E-state index in [0.29, 0.717) is 16.9 Å². The van der Waals surface area contributed by atoms with Crippen molar-refractivity contribution in [3.05, 3.63) is 69.6 Å². The number of hydrogen-bond acceptors (Lipinski definition) is 7. The van der Waals surface area contributed by atoms with Crippen LogP contribution in [0.25, 0.3) is 5.69 Å². The normalized spacial score (nSPS) is 20.7. The average Bonchev–Trinajstić information content (AvgIpc) is 3.59. The van der Waals surface area contributed by atoms with Crippen molar-refractivity contribution in [3.8, 4) is 22.9 Å². The lowest BCUT2D eigenvalue weighted by molar-refractivity contribution is -0.286. The molecule has 37 heavy (non-hydrogen) atoms. The lowest BCUT2D eigenvalue weighted by Crippen LogP contribution is -2.41. The van der Waals surface area contributed by atoms with Crippen LogP contribution in [0, 0.1) is 0 Å². The lowest BCUT2D eigenvalue weighted by Gasteiger charge is -2.22. The van der Waals surface area contributed by atoms with Gasteiger partial charge in [0.2, 0.25) is 5.91 Å². The molecule has 10 nitrogen and oxygen atoms in total. The van der Waals surface area contributed by atoms with E-state index in [9.17, 15) is 23.2 Å². The van der Waals surface area contributed by atoms with Crippen LogP contribution in [-0.2, 0) is 10.2 Å². The highest BCUT2D eigenvalue weighted by Gasteiger charge is 2.49. The van der Waals surface area contributed by atoms with Gasteiger partial charge in [-0.25, -0.2) is 4.79 Å². The number of amides is 1. The smallest absolute Gasteiger partial charge is 0.492 e. The Morgan fingerprint density at radius 1 is 1.08 bits per heavy atom. The van der Waals surface area contributed by atoms with Crippen molar-refractivity contribution < 1.29 is 37.7 Å². The van der Waals surface area contributed by atoms with Crippen LogP contribution in [0.5, 0.6) is 17.2 Å². The van der Waals surface area contributed by atoms with E-state index in [0.717, 1.165) is 17.5 Å². The van der Waals surface area contributed by atoms with E-state index >= 15 is 0 Å². The summed E-state index contributed by atoms with van der Waals surface area (Å²) in [6.45, 7) is 1.47. The highest BCUT2D eigenvalue weighted by atomic mass is 19.3. The van der Waals surface area contributed by atoms with Gasteiger partial charge in [0.05, 0.1) is 16.9 Å². The quantitative estimate of drug-likeness (QED) is 0.533. The largest absolute Gasteiger partial charge is 0.586 e. The van der Waals surface area contributed by atoms with E-state index in [1.807, 2.05) is 0 Å². The first kappa shape index (κ1) is 23.0. The number of ether oxygens (including phenoxy) is 3. The van der Waals surface area contributed by atoms with Crippen molar-refractivity contribution in [2.24, 2.45) is 0 Å². The van der Waals surface area contributed by atoms with Gasteiger partial charge < -0.3 is 24.6 Å². The topological polar surface area (TPSA) is 129 Å². The third-order valence-corrected chi connectivity index (χ3v) is 6.65. The molecule has 6 rings (SSSR count). The number of carboxylic acid groups (broad SMARTS) is 1. The van der Waals surface area contributed by atoms with Crippen LogP contribution in [0.2, 0.25) is 0 Å². The fourth-order valence-electron chi connectivity index (χ4n) is 4.38. The number of anilines is 1. The lowest BCUT2D eigenvalue weighted by atomic mass is 9.83. The molecule has 0 spiro atoms. The molecule has 0 radical (unpaired) electrons. The van der Waals surface area contributed by atoms with Crippen molar-refractivity contribution in [3.63, 3.8) is 0 Å². The molecule has 1 aliphatic carbocycles. The van der Waals surface area contributed by atoms with Gasteiger partial charge in [-0.2, -0.15) is 9.78 Å². The number of carbonyl (C=O) groups is 2. The zero-order chi connectivity index (χ0) is 26.1. The Balaban J connectivity index is 1.35. The summed E-state index contributed by atoms with van der Waals surface area (Å²) >= 11 is 0. The summed E-state index contributed by atoms with van der Waals surface area (Å²) in [6.07, 6.45) is -2.05.